The summed E-state index contributed by atoms with van der Waals surface area (Å²) in [6.07, 6.45) is 3.86. The van der Waals surface area contributed by atoms with Gasteiger partial charge in [0.15, 0.2) is 18.3 Å². The number of amides is 2. The first kappa shape index (κ1) is 25.9. The third-order valence-corrected chi connectivity index (χ3v) is 6.89. The van der Waals surface area contributed by atoms with Gasteiger partial charge in [-0.15, -0.1) is 0 Å². The number of rotatable bonds is 9. The van der Waals surface area contributed by atoms with Crippen LogP contribution in [0.25, 0.3) is 6.08 Å². The first-order valence-electron chi connectivity index (χ1n) is 9.44. The second kappa shape index (κ2) is 10.7. The maximum Gasteiger partial charge on any atom is 0.293 e. The molecule has 0 radical (unpaired) electrons. The number of likely N-dealkylation sites (N-methyl/N-ethyl adjacent to an activating group) is 1. The molecule has 0 unspecified atom stereocenters. The number of carbonyl (C=O) groups is 2. The van der Waals surface area contributed by atoms with Crippen molar-refractivity contribution in [1.82, 2.24) is 14.9 Å². The smallest absolute Gasteiger partial charge is 0.293 e. The molecule has 11 nitrogen and oxygen atoms in total. The Morgan fingerprint density at radius 3 is 2.47 bits per heavy atom. The number of benzene rings is 1. The van der Waals surface area contributed by atoms with Gasteiger partial charge in [0.05, 0.1) is 17.6 Å². The molecule has 2 aromatic rings. The number of hydrogen-bond acceptors (Lipinski definition) is 11. The summed E-state index contributed by atoms with van der Waals surface area (Å²) in [5.41, 5.74) is 0.957. The molecule has 1 aliphatic rings. The van der Waals surface area contributed by atoms with Crippen LogP contribution in [0.4, 0.5) is 4.79 Å². The summed E-state index contributed by atoms with van der Waals surface area (Å²) >= 11 is 4.27. The van der Waals surface area contributed by atoms with Crippen molar-refractivity contribution < 1.29 is 37.0 Å². The average Bonchev–Trinajstić information content (AvgIpc) is 3.03. The monoisotopic (exact) mass is 573 g/mol. The van der Waals surface area contributed by atoms with Gasteiger partial charge >= 0.3 is 0 Å². The van der Waals surface area contributed by atoms with Gasteiger partial charge in [0, 0.05) is 31.1 Å². The van der Waals surface area contributed by atoms with Crippen molar-refractivity contribution in [3.8, 4) is 17.4 Å². The average molecular weight is 574 g/mol. The van der Waals surface area contributed by atoms with Gasteiger partial charge in [-0.3, -0.25) is 14.5 Å². The Labute approximate surface area is 208 Å². The third kappa shape index (κ3) is 5.87. The van der Waals surface area contributed by atoms with E-state index in [1.54, 1.807) is 18.2 Å². The zero-order valence-electron chi connectivity index (χ0n) is 18.5. The molecule has 1 aromatic carbocycles. The Hall–Kier alpha value is -2.68. The third-order valence-electron chi connectivity index (χ3n) is 4.38. The fourth-order valence-corrected chi connectivity index (χ4v) is 4.43. The number of carbonyl (C=O) groups excluding carboxylic acids is 2. The van der Waals surface area contributed by atoms with Gasteiger partial charge in [0.25, 0.3) is 11.1 Å². The molecule has 2 amide bonds. The summed E-state index contributed by atoms with van der Waals surface area (Å²) < 4.78 is 45.7. The standard InChI is InChI=1S/C20H20BrN3O8S2/c1-24-18(25)16(33-20(24)26)6-11-5-14(15(7-13(11)21)32-10-29-2)31-9-12-8-22-19(34(4,27)28)23-17(12)30-3/h5-8H,9-10H2,1-4H3/b16-6-. The molecule has 14 heteroatoms. The Bertz CT molecular complexity index is 1270. The Balaban J connectivity index is 1.94. The van der Waals surface area contributed by atoms with Crippen molar-refractivity contribution in [2.75, 3.05) is 34.3 Å². The number of ether oxygens (including phenoxy) is 4. The number of methoxy groups -OCH3 is 2. The molecule has 3 rings (SSSR count). The van der Waals surface area contributed by atoms with E-state index in [0.29, 0.717) is 21.3 Å². The van der Waals surface area contributed by atoms with Crippen molar-refractivity contribution in [2.24, 2.45) is 0 Å². The van der Waals surface area contributed by atoms with Crippen LogP contribution in [0.1, 0.15) is 11.1 Å². The fraction of sp³-hybridized carbons (Fsp3) is 0.300. The molecule has 34 heavy (non-hydrogen) atoms. The van der Waals surface area contributed by atoms with Crippen LogP contribution >= 0.6 is 27.7 Å². The molecule has 0 aliphatic carbocycles. The number of nitrogens with zero attached hydrogens (tertiary/aromatic N) is 3. The number of imide groups is 1. The van der Waals surface area contributed by atoms with E-state index in [1.807, 2.05) is 0 Å². The second-order valence-corrected chi connectivity index (χ2v) is 10.6. The van der Waals surface area contributed by atoms with Gasteiger partial charge in [0.2, 0.25) is 20.9 Å². The lowest BCUT2D eigenvalue weighted by atomic mass is 10.2. The fourth-order valence-electron chi connectivity index (χ4n) is 2.68. The second-order valence-electron chi connectivity index (χ2n) is 6.86. The summed E-state index contributed by atoms with van der Waals surface area (Å²) in [4.78, 5) is 33.1. The van der Waals surface area contributed by atoms with Crippen molar-refractivity contribution in [3.63, 3.8) is 0 Å². The molecule has 1 aromatic heterocycles. The quantitative estimate of drug-likeness (QED) is 0.249. The van der Waals surface area contributed by atoms with E-state index in [9.17, 15) is 18.0 Å². The molecule has 1 aliphatic heterocycles. The van der Waals surface area contributed by atoms with E-state index in [1.165, 1.54) is 27.5 Å². The van der Waals surface area contributed by atoms with Crippen LogP contribution in [0.5, 0.6) is 17.4 Å². The van der Waals surface area contributed by atoms with E-state index >= 15 is 0 Å². The van der Waals surface area contributed by atoms with Crippen molar-refractivity contribution >= 4 is 54.8 Å². The topological polar surface area (TPSA) is 134 Å². The minimum Gasteiger partial charge on any atom is -0.485 e. The van der Waals surface area contributed by atoms with Crippen LogP contribution < -0.4 is 14.2 Å². The van der Waals surface area contributed by atoms with E-state index in [2.05, 4.69) is 25.9 Å². The van der Waals surface area contributed by atoms with Crippen molar-refractivity contribution in [2.45, 2.75) is 11.8 Å². The molecule has 2 heterocycles. The highest BCUT2D eigenvalue weighted by atomic mass is 79.9. The zero-order valence-corrected chi connectivity index (χ0v) is 21.7. The predicted octanol–water partition coefficient (Wildman–Crippen LogP) is 2.88. The van der Waals surface area contributed by atoms with E-state index in [0.717, 1.165) is 22.9 Å². The van der Waals surface area contributed by atoms with E-state index < -0.39 is 15.7 Å². The van der Waals surface area contributed by atoms with E-state index in [4.69, 9.17) is 18.9 Å². The summed E-state index contributed by atoms with van der Waals surface area (Å²) in [6.45, 7) is -0.129. The van der Waals surface area contributed by atoms with Gasteiger partial charge in [-0.2, -0.15) is 4.98 Å². The lowest BCUT2D eigenvalue weighted by molar-refractivity contribution is -0.121. The normalized spacial score (nSPS) is 15.2. The summed E-state index contributed by atoms with van der Waals surface area (Å²) in [5.74, 6) is 0.263. The van der Waals surface area contributed by atoms with Crippen LogP contribution in [0.3, 0.4) is 0 Å². The molecule has 0 spiro atoms. The summed E-state index contributed by atoms with van der Waals surface area (Å²) in [5, 5.41) is -0.735. The maximum absolute atomic E-state index is 12.3. The molecule has 0 saturated carbocycles. The first-order chi connectivity index (χ1) is 16.0. The summed E-state index contributed by atoms with van der Waals surface area (Å²) in [6, 6.07) is 3.26. The van der Waals surface area contributed by atoms with Crippen LogP contribution in [0.15, 0.2) is 32.9 Å². The highest BCUT2D eigenvalue weighted by Crippen LogP contribution is 2.38. The highest BCUT2D eigenvalue weighted by molar-refractivity contribution is 9.10. The Morgan fingerprint density at radius 1 is 1.18 bits per heavy atom. The Morgan fingerprint density at radius 2 is 1.88 bits per heavy atom. The predicted molar refractivity (Wildman–Crippen MR) is 126 cm³/mol. The largest absolute Gasteiger partial charge is 0.485 e. The van der Waals surface area contributed by atoms with Gasteiger partial charge < -0.3 is 18.9 Å². The van der Waals surface area contributed by atoms with Crippen LogP contribution in [0.2, 0.25) is 0 Å². The number of hydrogen-bond donors (Lipinski definition) is 0. The number of sulfone groups is 1. The van der Waals surface area contributed by atoms with Gasteiger partial charge in [-0.25, -0.2) is 13.4 Å². The molecule has 0 atom stereocenters. The number of thioether (sulfide) groups is 1. The van der Waals surface area contributed by atoms with Gasteiger partial charge in [0.1, 0.15) is 6.61 Å². The van der Waals surface area contributed by atoms with Crippen LogP contribution in [-0.4, -0.2) is 68.7 Å². The first-order valence-corrected chi connectivity index (χ1v) is 12.9. The van der Waals surface area contributed by atoms with Crippen LogP contribution in [0, 0.1) is 0 Å². The number of halogens is 1. The molecular formula is C20H20BrN3O8S2. The zero-order chi connectivity index (χ0) is 25.0. The molecule has 0 bridgehead atoms. The van der Waals surface area contributed by atoms with Crippen molar-refractivity contribution in [3.05, 3.63) is 38.8 Å². The molecule has 1 saturated heterocycles. The SMILES string of the molecule is COCOc1cc(Br)c(/C=C2\SC(=O)N(C)C2=O)cc1OCc1cnc(S(C)(=O)=O)nc1OC. The molecule has 1 fully saturated rings. The molecule has 0 N–H and O–H groups in total. The van der Waals surface area contributed by atoms with Crippen LogP contribution in [-0.2, 0) is 26.0 Å². The van der Waals surface area contributed by atoms with Crippen molar-refractivity contribution in [1.29, 1.82) is 0 Å². The Kier molecular flexibility index (Phi) is 8.17. The lowest BCUT2D eigenvalue weighted by Gasteiger charge is -2.15. The van der Waals surface area contributed by atoms with Gasteiger partial charge in [-0.1, -0.05) is 15.9 Å². The van der Waals surface area contributed by atoms with E-state index in [-0.39, 0.29) is 40.3 Å². The maximum atomic E-state index is 12.3. The van der Waals surface area contributed by atoms with Gasteiger partial charge in [-0.05, 0) is 35.5 Å². The lowest BCUT2D eigenvalue weighted by Crippen LogP contribution is -2.22. The molecular weight excluding hydrogens is 554 g/mol. The molecule has 182 valence electrons. The summed E-state index contributed by atoms with van der Waals surface area (Å²) in [7, 11) is 0.614. The highest BCUT2D eigenvalue weighted by Gasteiger charge is 2.32. The number of aromatic nitrogens is 2. The minimum atomic E-state index is -3.62. The minimum absolute atomic E-state index is 0.0451.